The molecule has 2 atom stereocenters. The van der Waals surface area contributed by atoms with Gasteiger partial charge in [0.05, 0.1) is 0 Å². The van der Waals surface area contributed by atoms with E-state index in [4.69, 9.17) is 11.6 Å². The highest BCUT2D eigenvalue weighted by atomic mass is 35.5. The van der Waals surface area contributed by atoms with Gasteiger partial charge in [-0.1, -0.05) is 31.5 Å². The molecule has 1 N–H and O–H groups in total. The highest BCUT2D eigenvalue weighted by Gasteiger charge is 2.25. The van der Waals surface area contributed by atoms with Crippen molar-refractivity contribution in [3.63, 3.8) is 0 Å². The Morgan fingerprint density at radius 2 is 2.00 bits per heavy atom. The van der Waals surface area contributed by atoms with E-state index in [1.165, 1.54) is 13.1 Å². The SMILES string of the molecule is CC1CN(CCNc2cccc(Cl)c2)CC1C. The van der Waals surface area contributed by atoms with Crippen LogP contribution < -0.4 is 5.32 Å². The molecule has 2 unspecified atom stereocenters. The first kappa shape index (κ1) is 12.7. The standard InChI is InChI=1S/C14H21ClN2/c1-11-9-17(10-12(11)2)7-6-16-14-5-3-4-13(15)8-14/h3-5,8,11-12,16H,6-7,9-10H2,1-2H3. The molecule has 2 nitrogen and oxygen atoms in total. The molecule has 2 rings (SSSR count). The fraction of sp³-hybridized carbons (Fsp3) is 0.571. The first-order valence-corrected chi connectivity index (χ1v) is 6.75. The van der Waals surface area contributed by atoms with Crippen LogP contribution >= 0.6 is 11.6 Å². The van der Waals surface area contributed by atoms with E-state index >= 15 is 0 Å². The van der Waals surface area contributed by atoms with E-state index in [2.05, 4.69) is 30.1 Å². The van der Waals surface area contributed by atoms with Crippen LogP contribution in [0.15, 0.2) is 24.3 Å². The average molecular weight is 253 g/mol. The topological polar surface area (TPSA) is 15.3 Å². The minimum absolute atomic E-state index is 0.790. The van der Waals surface area contributed by atoms with Gasteiger partial charge in [-0.25, -0.2) is 0 Å². The highest BCUT2D eigenvalue weighted by molar-refractivity contribution is 6.30. The van der Waals surface area contributed by atoms with Gasteiger partial charge in [0.25, 0.3) is 0 Å². The fourth-order valence-corrected chi connectivity index (χ4v) is 2.58. The van der Waals surface area contributed by atoms with Gasteiger partial charge in [0, 0.05) is 36.9 Å². The van der Waals surface area contributed by atoms with Gasteiger partial charge in [0.2, 0.25) is 0 Å². The summed E-state index contributed by atoms with van der Waals surface area (Å²) in [5.41, 5.74) is 1.11. The summed E-state index contributed by atoms with van der Waals surface area (Å²) in [4.78, 5) is 2.53. The van der Waals surface area contributed by atoms with Crippen LogP contribution in [-0.2, 0) is 0 Å². The van der Waals surface area contributed by atoms with Crippen LogP contribution in [0.4, 0.5) is 5.69 Å². The Hall–Kier alpha value is -0.730. The molecule has 0 aromatic heterocycles. The van der Waals surface area contributed by atoms with E-state index in [1.807, 2.05) is 18.2 Å². The van der Waals surface area contributed by atoms with Crippen LogP contribution in [0, 0.1) is 11.8 Å². The normalized spacial score (nSPS) is 25.1. The van der Waals surface area contributed by atoms with Gasteiger partial charge >= 0.3 is 0 Å². The highest BCUT2D eigenvalue weighted by Crippen LogP contribution is 2.21. The van der Waals surface area contributed by atoms with Gasteiger partial charge in [-0.2, -0.15) is 0 Å². The van der Waals surface area contributed by atoms with Crippen LogP contribution in [0.25, 0.3) is 0 Å². The van der Waals surface area contributed by atoms with E-state index in [-0.39, 0.29) is 0 Å². The average Bonchev–Trinajstić information content (AvgIpc) is 2.58. The van der Waals surface area contributed by atoms with Crippen molar-refractivity contribution >= 4 is 17.3 Å². The second-order valence-corrected chi connectivity index (χ2v) is 5.59. The van der Waals surface area contributed by atoms with Crippen LogP contribution in [0.1, 0.15) is 13.8 Å². The second-order valence-electron chi connectivity index (χ2n) is 5.15. The van der Waals surface area contributed by atoms with Crippen molar-refractivity contribution in [3.8, 4) is 0 Å². The zero-order valence-electron chi connectivity index (χ0n) is 10.6. The molecule has 1 saturated heterocycles. The summed E-state index contributed by atoms with van der Waals surface area (Å²) in [5.74, 6) is 1.67. The van der Waals surface area contributed by atoms with Crippen LogP contribution in [0.5, 0.6) is 0 Å². The molecule has 1 aliphatic rings. The molecule has 17 heavy (non-hydrogen) atoms. The van der Waals surface area contributed by atoms with Crippen LogP contribution in [0.2, 0.25) is 5.02 Å². The van der Waals surface area contributed by atoms with Gasteiger partial charge in [0.15, 0.2) is 0 Å². The Morgan fingerprint density at radius 3 is 2.65 bits per heavy atom. The van der Waals surface area contributed by atoms with Gasteiger partial charge in [-0.05, 0) is 30.0 Å². The van der Waals surface area contributed by atoms with Crippen molar-refractivity contribution in [1.82, 2.24) is 4.90 Å². The second kappa shape index (κ2) is 5.74. The molecule has 1 aromatic carbocycles. The minimum atomic E-state index is 0.790. The summed E-state index contributed by atoms with van der Waals surface area (Å²) in [5, 5.41) is 4.21. The van der Waals surface area contributed by atoms with Crippen LogP contribution in [0.3, 0.4) is 0 Å². The maximum atomic E-state index is 5.94. The predicted octanol–water partition coefficient (Wildman–Crippen LogP) is 3.34. The Labute approximate surface area is 109 Å². The molecule has 0 spiro atoms. The lowest BCUT2D eigenvalue weighted by Crippen LogP contribution is -2.27. The Morgan fingerprint density at radius 1 is 1.29 bits per heavy atom. The Kier molecular flexibility index (Phi) is 4.30. The number of rotatable bonds is 4. The maximum Gasteiger partial charge on any atom is 0.0426 e. The molecule has 0 bridgehead atoms. The molecule has 0 radical (unpaired) electrons. The van der Waals surface area contributed by atoms with Gasteiger partial charge in [-0.3, -0.25) is 0 Å². The summed E-state index contributed by atoms with van der Waals surface area (Å²) in [6, 6.07) is 7.90. The Bertz CT molecular complexity index is 357. The number of likely N-dealkylation sites (tertiary alicyclic amines) is 1. The number of hydrogen-bond donors (Lipinski definition) is 1. The van der Waals surface area contributed by atoms with E-state index < -0.39 is 0 Å². The monoisotopic (exact) mass is 252 g/mol. The van der Waals surface area contributed by atoms with Crippen molar-refractivity contribution in [1.29, 1.82) is 0 Å². The summed E-state index contributed by atoms with van der Waals surface area (Å²) in [7, 11) is 0. The molecular weight excluding hydrogens is 232 g/mol. The van der Waals surface area contributed by atoms with E-state index in [9.17, 15) is 0 Å². The zero-order valence-corrected chi connectivity index (χ0v) is 11.4. The molecule has 0 amide bonds. The summed E-state index contributed by atoms with van der Waals surface area (Å²) in [6.45, 7) is 9.25. The van der Waals surface area contributed by atoms with Crippen molar-refractivity contribution < 1.29 is 0 Å². The summed E-state index contributed by atoms with van der Waals surface area (Å²) < 4.78 is 0. The van der Waals surface area contributed by atoms with Crippen LogP contribution in [-0.4, -0.2) is 31.1 Å². The molecule has 0 saturated carbocycles. The smallest absolute Gasteiger partial charge is 0.0426 e. The number of anilines is 1. The molecule has 3 heteroatoms. The molecule has 1 fully saturated rings. The number of hydrogen-bond acceptors (Lipinski definition) is 2. The Balaban J connectivity index is 1.73. The third kappa shape index (κ3) is 3.62. The quantitative estimate of drug-likeness (QED) is 0.884. The number of benzene rings is 1. The van der Waals surface area contributed by atoms with E-state index in [1.54, 1.807) is 0 Å². The largest absolute Gasteiger partial charge is 0.384 e. The van der Waals surface area contributed by atoms with Gasteiger partial charge < -0.3 is 10.2 Å². The summed E-state index contributed by atoms with van der Waals surface area (Å²) >= 11 is 5.94. The lowest BCUT2D eigenvalue weighted by atomic mass is 10.0. The number of nitrogens with zero attached hydrogens (tertiary/aromatic N) is 1. The molecule has 94 valence electrons. The third-order valence-corrected chi connectivity index (χ3v) is 3.88. The van der Waals surface area contributed by atoms with Crippen molar-refractivity contribution in [2.45, 2.75) is 13.8 Å². The molecule has 1 aromatic rings. The van der Waals surface area contributed by atoms with Gasteiger partial charge in [0.1, 0.15) is 0 Å². The molecule has 1 heterocycles. The van der Waals surface area contributed by atoms with Gasteiger partial charge in [-0.15, -0.1) is 0 Å². The fourth-order valence-electron chi connectivity index (χ4n) is 2.39. The lowest BCUT2D eigenvalue weighted by Gasteiger charge is -2.16. The molecular formula is C14H21ClN2. The minimum Gasteiger partial charge on any atom is -0.384 e. The molecule has 1 aliphatic heterocycles. The maximum absolute atomic E-state index is 5.94. The first-order valence-electron chi connectivity index (χ1n) is 6.37. The first-order chi connectivity index (χ1) is 8.15. The third-order valence-electron chi connectivity index (χ3n) is 3.65. The summed E-state index contributed by atoms with van der Waals surface area (Å²) in [6.07, 6.45) is 0. The number of nitrogens with one attached hydrogen (secondary N) is 1. The van der Waals surface area contributed by atoms with Crippen molar-refractivity contribution in [2.24, 2.45) is 11.8 Å². The lowest BCUT2D eigenvalue weighted by molar-refractivity contribution is 0.337. The van der Waals surface area contributed by atoms with E-state index in [0.717, 1.165) is 35.6 Å². The predicted molar refractivity (Wildman–Crippen MR) is 74.7 cm³/mol. The zero-order chi connectivity index (χ0) is 12.3. The number of halogens is 1. The van der Waals surface area contributed by atoms with E-state index in [0.29, 0.717) is 0 Å². The van der Waals surface area contributed by atoms with Crippen molar-refractivity contribution in [2.75, 3.05) is 31.5 Å². The van der Waals surface area contributed by atoms with Crippen molar-refractivity contribution in [3.05, 3.63) is 29.3 Å². The molecule has 0 aliphatic carbocycles.